The number of nitrogens with zero attached hydrogens (tertiary/aromatic N) is 4. The van der Waals surface area contributed by atoms with Crippen molar-refractivity contribution in [2.75, 3.05) is 0 Å². The first-order valence-electron chi connectivity index (χ1n) is 8.59. The topological polar surface area (TPSA) is 41.9 Å². The molecule has 0 unspecified atom stereocenters. The number of halogens is 3. The molecule has 0 spiro atoms. The largest absolute Gasteiger partial charge is 0.417 e. The minimum Gasteiger partial charge on any atom is -0.286 e. The zero-order valence-corrected chi connectivity index (χ0v) is 14.6. The van der Waals surface area contributed by atoms with Crippen molar-refractivity contribution < 1.29 is 13.2 Å². The van der Waals surface area contributed by atoms with Gasteiger partial charge in [-0.15, -0.1) is 0 Å². The van der Waals surface area contributed by atoms with Crippen molar-refractivity contribution in [3.05, 3.63) is 77.4 Å². The fourth-order valence-corrected chi connectivity index (χ4v) is 3.36. The lowest BCUT2D eigenvalue weighted by molar-refractivity contribution is -0.137. The van der Waals surface area contributed by atoms with Crippen LogP contribution in [-0.2, 0) is 19.3 Å². The van der Waals surface area contributed by atoms with Crippen LogP contribution in [0.1, 0.15) is 35.3 Å². The first-order chi connectivity index (χ1) is 12.9. The van der Waals surface area contributed by atoms with Gasteiger partial charge in [-0.05, 0) is 30.2 Å². The molecule has 3 heterocycles. The van der Waals surface area contributed by atoms with Crippen molar-refractivity contribution in [2.24, 2.45) is 0 Å². The van der Waals surface area contributed by atoms with E-state index in [0.717, 1.165) is 25.4 Å². The number of hydrogen-bond acceptors (Lipinski definition) is 4. The van der Waals surface area contributed by atoms with Crippen LogP contribution in [0.2, 0.25) is 0 Å². The third kappa shape index (κ3) is 3.42. The smallest absolute Gasteiger partial charge is 0.286 e. The zero-order chi connectivity index (χ0) is 19.0. The van der Waals surface area contributed by atoms with Crippen molar-refractivity contribution in [1.29, 1.82) is 0 Å². The average Bonchev–Trinajstić information content (AvgIpc) is 3.11. The number of hydrogen-bond donors (Lipinski definition) is 0. The van der Waals surface area contributed by atoms with Crippen molar-refractivity contribution in [3.8, 4) is 11.4 Å². The van der Waals surface area contributed by atoms with Gasteiger partial charge in [0.2, 0.25) is 0 Å². The molecule has 0 saturated heterocycles. The Hall–Kier alpha value is -2.80. The SMILES string of the molecule is C[C@H](c1nccnc1-c1ccc(C(F)(F)F)cn1)N1Cc2ccccc2C1. The highest BCUT2D eigenvalue weighted by Crippen LogP contribution is 2.34. The third-order valence-electron chi connectivity index (χ3n) is 4.87. The van der Waals surface area contributed by atoms with E-state index in [0.29, 0.717) is 17.1 Å². The van der Waals surface area contributed by atoms with E-state index in [1.165, 1.54) is 23.4 Å². The van der Waals surface area contributed by atoms with Gasteiger partial charge >= 0.3 is 6.18 Å². The summed E-state index contributed by atoms with van der Waals surface area (Å²) in [7, 11) is 0. The molecule has 0 N–H and O–H groups in total. The number of rotatable bonds is 3. The van der Waals surface area contributed by atoms with Crippen LogP contribution in [0, 0.1) is 0 Å². The summed E-state index contributed by atoms with van der Waals surface area (Å²) in [4.78, 5) is 15.1. The first-order valence-corrected chi connectivity index (χ1v) is 8.59. The van der Waals surface area contributed by atoms with Crippen LogP contribution in [0.5, 0.6) is 0 Å². The summed E-state index contributed by atoms with van der Waals surface area (Å²) < 4.78 is 38.4. The van der Waals surface area contributed by atoms with Crippen molar-refractivity contribution in [3.63, 3.8) is 0 Å². The highest BCUT2D eigenvalue weighted by Gasteiger charge is 2.31. The van der Waals surface area contributed by atoms with Crippen molar-refractivity contribution >= 4 is 0 Å². The molecule has 1 aliphatic heterocycles. The number of benzene rings is 1. The molecule has 4 rings (SSSR count). The van der Waals surface area contributed by atoms with E-state index in [9.17, 15) is 13.2 Å². The second kappa shape index (κ2) is 6.74. The summed E-state index contributed by atoms with van der Waals surface area (Å²) in [6.45, 7) is 3.63. The van der Waals surface area contributed by atoms with Crippen LogP contribution in [0.25, 0.3) is 11.4 Å². The molecular weight excluding hydrogens is 353 g/mol. The Morgan fingerprint density at radius 2 is 1.59 bits per heavy atom. The standard InChI is InChI=1S/C20H17F3N4/c1-13(27-11-14-4-2-3-5-15(14)12-27)18-19(25-9-8-24-18)17-7-6-16(10-26-17)20(21,22)23/h2-10,13H,11-12H2,1H3/t13-/m1/s1. The molecule has 0 aliphatic carbocycles. The molecule has 7 heteroatoms. The lowest BCUT2D eigenvalue weighted by Gasteiger charge is -2.24. The van der Waals surface area contributed by atoms with Crippen LogP contribution >= 0.6 is 0 Å². The van der Waals surface area contributed by atoms with Gasteiger partial charge in [-0.3, -0.25) is 19.9 Å². The summed E-state index contributed by atoms with van der Waals surface area (Å²) in [5, 5.41) is 0. The Morgan fingerprint density at radius 3 is 2.19 bits per heavy atom. The average molecular weight is 370 g/mol. The van der Waals surface area contributed by atoms with Crippen LogP contribution in [-0.4, -0.2) is 19.9 Å². The summed E-state index contributed by atoms with van der Waals surface area (Å²) in [6.07, 6.45) is -0.443. The molecule has 1 aromatic carbocycles. The Morgan fingerprint density at radius 1 is 0.926 bits per heavy atom. The highest BCUT2D eigenvalue weighted by molar-refractivity contribution is 5.57. The summed E-state index contributed by atoms with van der Waals surface area (Å²) in [5.41, 5.74) is 3.38. The van der Waals surface area contributed by atoms with Crippen LogP contribution in [0.3, 0.4) is 0 Å². The fraction of sp³-hybridized carbons (Fsp3) is 0.250. The van der Waals surface area contributed by atoms with Gasteiger partial charge in [0.15, 0.2) is 0 Å². The van der Waals surface area contributed by atoms with Crippen molar-refractivity contribution in [2.45, 2.75) is 32.2 Å². The lowest BCUT2D eigenvalue weighted by atomic mass is 10.1. The predicted molar refractivity (Wildman–Crippen MR) is 94.4 cm³/mol. The predicted octanol–water partition coefficient (Wildman–Crippen LogP) is 4.63. The maximum Gasteiger partial charge on any atom is 0.417 e. The quantitative estimate of drug-likeness (QED) is 0.674. The van der Waals surface area contributed by atoms with E-state index in [4.69, 9.17) is 0 Å². The second-order valence-corrected chi connectivity index (χ2v) is 6.57. The van der Waals surface area contributed by atoms with E-state index in [2.05, 4.69) is 32.0 Å². The fourth-order valence-electron chi connectivity index (χ4n) is 3.36. The Bertz CT molecular complexity index is 929. The van der Waals surface area contributed by atoms with E-state index in [-0.39, 0.29) is 6.04 Å². The monoisotopic (exact) mass is 370 g/mol. The lowest BCUT2D eigenvalue weighted by Crippen LogP contribution is -2.22. The van der Waals surface area contributed by atoms with E-state index in [1.807, 2.05) is 19.1 Å². The molecule has 27 heavy (non-hydrogen) atoms. The molecule has 0 radical (unpaired) electrons. The molecule has 3 aromatic rings. The number of aromatic nitrogens is 3. The molecule has 138 valence electrons. The van der Waals surface area contributed by atoms with Gasteiger partial charge < -0.3 is 0 Å². The third-order valence-corrected chi connectivity index (χ3v) is 4.87. The normalized spacial score (nSPS) is 15.6. The van der Waals surface area contributed by atoms with Crippen LogP contribution < -0.4 is 0 Å². The van der Waals surface area contributed by atoms with E-state index in [1.54, 1.807) is 6.20 Å². The highest BCUT2D eigenvalue weighted by atomic mass is 19.4. The summed E-state index contributed by atoms with van der Waals surface area (Å²) in [6, 6.07) is 10.6. The van der Waals surface area contributed by atoms with E-state index < -0.39 is 11.7 Å². The molecule has 0 bridgehead atoms. The van der Waals surface area contributed by atoms with Gasteiger partial charge in [0.25, 0.3) is 0 Å². The molecule has 0 amide bonds. The number of pyridine rings is 1. The van der Waals surface area contributed by atoms with Gasteiger partial charge in [0.1, 0.15) is 5.69 Å². The van der Waals surface area contributed by atoms with Gasteiger partial charge in [-0.2, -0.15) is 13.2 Å². The zero-order valence-electron chi connectivity index (χ0n) is 14.6. The number of alkyl halides is 3. The molecular formula is C20H17F3N4. The molecule has 0 saturated carbocycles. The maximum atomic E-state index is 12.8. The molecule has 4 nitrogen and oxygen atoms in total. The van der Waals surface area contributed by atoms with Gasteiger partial charge in [0.05, 0.1) is 23.0 Å². The molecule has 1 aliphatic rings. The summed E-state index contributed by atoms with van der Waals surface area (Å²) >= 11 is 0. The van der Waals surface area contributed by atoms with Crippen LogP contribution in [0.4, 0.5) is 13.2 Å². The minimum absolute atomic E-state index is 0.0507. The van der Waals surface area contributed by atoms with Crippen molar-refractivity contribution in [1.82, 2.24) is 19.9 Å². The Kier molecular flexibility index (Phi) is 4.39. The van der Waals surface area contributed by atoms with Crippen LogP contribution in [0.15, 0.2) is 55.0 Å². The summed E-state index contributed by atoms with van der Waals surface area (Å²) in [5.74, 6) is 0. The number of fused-ring (bicyclic) bond motifs is 1. The minimum atomic E-state index is -4.41. The Balaban J connectivity index is 1.64. The Labute approximate surface area is 154 Å². The van der Waals surface area contributed by atoms with E-state index >= 15 is 0 Å². The molecule has 2 aromatic heterocycles. The van der Waals surface area contributed by atoms with Gasteiger partial charge in [-0.1, -0.05) is 24.3 Å². The maximum absolute atomic E-state index is 12.8. The first kappa shape index (κ1) is 17.6. The van der Waals surface area contributed by atoms with Gasteiger partial charge in [0, 0.05) is 31.7 Å². The second-order valence-electron chi connectivity index (χ2n) is 6.57. The van der Waals surface area contributed by atoms with Gasteiger partial charge in [-0.25, -0.2) is 0 Å². The molecule has 0 fully saturated rings. The molecule has 1 atom stereocenters.